The Labute approximate surface area is 153 Å². The maximum Gasteiger partial charge on any atom is 0.260 e. The van der Waals surface area contributed by atoms with Crippen LogP contribution in [0.2, 0.25) is 0 Å². The van der Waals surface area contributed by atoms with Gasteiger partial charge in [0.1, 0.15) is 11.4 Å². The van der Waals surface area contributed by atoms with Gasteiger partial charge in [0.2, 0.25) is 5.88 Å². The lowest BCUT2D eigenvalue weighted by molar-refractivity contribution is 0.0746. The van der Waals surface area contributed by atoms with Crippen LogP contribution in [0.5, 0.6) is 5.88 Å². The summed E-state index contributed by atoms with van der Waals surface area (Å²) in [5, 5.41) is 0. The minimum atomic E-state index is -0.0486. The predicted molar refractivity (Wildman–Crippen MR) is 97.0 cm³/mol. The second-order valence-corrected chi connectivity index (χ2v) is 7.52. The van der Waals surface area contributed by atoms with Crippen molar-refractivity contribution in [2.24, 2.45) is 5.92 Å². The largest absolute Gasteiger partial charge is 0.480 e. The summed E-state index contributed by atoms with van der Waals surface area (Å²) in [6.07, 6.45) is 5.75. The molecular weight excluding hydrogens is 328 g/mol. The lowest BCUT2D eigenvalue weighted by Gasteiger charge is -2.17. The number of rotatable bonds is 4. The molecule has 1 aliphatic heterocycles. The smallest absolute Gasteiger partial charge is 0.260 e. The van der Waals surface area contributed by atoms with E-state index in [4.69, 9.17) is 4.74 Å². The van der Waals surface area contributed by atoms with Crippen molar-refractivity contribution in [3.8, 4) is 5.88 Å². The number of carbonyl (C=O) groups excluding carboxylic acids is 1. The highest BCUT2D eigenvalue weighted by Crippen LogP contribution is 2.30. The lowest BCUT2D eigenvalue weighted by atomic mass is 10.1. The number of aryl methyl sites for hydroxylation is 2. The molecule has 1 aliphatic carbocycles. The fraction of sp³-hybridized carbons (Fsp3) is 0.500. The van der Waals surface area contributed by atoms with Crippen LogP contribution in [0.4, 0.5) is 0 Å². The van der Waals surface area contributed by atoms with Crippen LogP contribution in [-0.4, -0.2) is 32.9 Å². The fourth-order valence-corrected chi connectivity index (χ4v) is 3.73. The lowest BCUT2D eigenvalue weighted by Crippen LogP contribution is -2.26. The molecule has 0 atom stereocenters. The van der Waals surface area contributed by atoms with Gasteiger partial charge in [-0.1, -0.05) is 13.8 Å². The summed E-state index contributed by atoms with van der Waals surface area (Å²) >= 11 is 0. The minimum absolute atomic E-state index is 0.0486. The molecule has 26 heavy (non-hydrogen) atoms. The Kier molecular flexibility index (Phi) is 4.34. The summed E-state index contributed by atoms with van der Waals surface area (Å²) in [5.41, 5.74) is 4.77. The zero-order valence-electron chi connectivity index (χ0n) is 15.6. The quantitative estimate of drug-likeness (QED) is 0.846. The van der Waals surface area contributed by atoms with Crippen molar-refractivity contribution in [1.29, 1.82) is 0 Å². The van der Waals surface area contributed by atoms with E-state index in [0.29, 0.717) is 30.5 Å². The van der Waals surface area contributed by atoms with Gasteiger partial charge >= 0.3 is 0 Å². The topological polar surface area (TPSA) is 68.2 Å². The van der Waals surface area contributed by atoms with Gasteiger partial charge in [0, 0.05) is 30.4 Å². The maximum absolute atomic E-state index is 13.1. The van der Waals surface area contributed by atoms with Crippen LogP contribution in [0.15, 0.2) is 12.3 Å². The summed E-state index contributed by atoms with van der Waals surface area (Å²) in [6.45, 7) is 5.36. The average molecular weight is 352 g/mol. The van der Waals surface area contributed by atoms with Crippen molar-refractivity contribution in [3.63, 3.8) is 0 Å². The molecule has 6 nitrogen and oxygen atoms in total. The Morgan fingerprint density at radius 1 is 1.19 bits per heavy atom. The minimum Gasteiger partial charge on any atom is -0.480 e. The SMILES string of the molecule is COc1nc2c(cc1C(=O)N1Cc3cnc(CC(C)C)nc3C1)CCC2. The number of pyridine rings is 1. The van der Waals surface area contributed by atoms with Gasteiger partial charge in [-0.25, -0.2) is 15.0 Å². The molecule has 6 heteroatoms. The summed E-state index contributed by atoms with van der Waals surface area (Å²) in [7, 11) is 1.57. The van der Waals surface area contributed by atoms with Crippen molar-refractivity contribution >= 4 is 5.91 Å². The van der Waals surface area contributed by atoms with E-state index < -0.39 is 0 Å². The van der Waals surface area contributed by atoms with Crippen molar-refractivity contribution in [2.45, 2.75) is 52.6 Å². The third-order valence-corrected chi connectivity index (χ3v) is 5.02. The Hall–Kier alpha value is -2.50. The van der Waals surface area contributed by atoms with E-state index in [0.717, 1.165) is 48.5 Å². The van der Waals surface area contributed by atoms with Crippen molar-refractivity contribution in [3.05, 3.63) is 46.2 Å². The fourth-order valence-electron chi connectivity index (χ4n) is 3.73. The molecule has 0 unspecified atom stereocenters. The van der Waals surface area contributed by atoms with Crippen LogP contribution in [-0.2, 0) is 32.4 Å². The van der Waals surface area contributed by atoms with Crippen molar-refractivity contribution < 1.29 is 9.53 Å². The molecule has 2 aromatic rings. The first kappa shape index (κ1) is 16.9. The summed E-state index contributed by atoms with van der Waals surface area (Å²) in [5.74, 6) is 1.74. The van der Waals surface area contributed by atoms with Crippen LogP contribution in [0.25, 0.3) is 0 Å². The molecule has 0 saturated carbocycles. The number of hydrogen-bond donors (Lipinski definition) is 0. The number of carbonyl (C=O) groups is 1. The molecule has 3 heterocycles. The summed E-state index contributed by atoms with van der Waals surface area (Å²) in [4.78, 5) is 28.6. The monoisotopic (exact) mass is 352 g/mol. The number of aromatic nitrogens is 3. The zero-order chi connectivity index (χ0) is 18.3. The first-order valence-corrected chi connectivity index (χ1v) is 9.25. The Morgan fingerprint density at radius 3 is 2.81 bits per heavy atom. The van der Waals surface area contributed by atoms with E-state index in [1.54, 1.807) is 12.0 Å². The molecule has 0 N–H and O–H groups in total. The van der Waals surface area contributed by atoms with Crippen LogP contribution in [0, 0.1) is 5.92 Å². The van der Waals surface area contributed by atoms with Crippen LogP contribution < -0.4 is 4.74 Å². The first-order valence-electron chi connectivity index (χ1n) is 9.25. The third-order valence-electron chi connectivity index (χ3n) is 5.02. The normalized spacial score (nSPS) is 15.3. The van der Waals surface area contributed by atoms with Crippen LogP contribution >= 0.6 is 0 Å². The molecule has 0 spiro atoms. The first-order chi connectivity index (χ1) is 12.5. The number of nitrogens with zero attached hydrogens (tertiary/aromatic N) is 4. The molecule has 2 aromatic heterocycles. The Bertz CT molecular complexity index is 863. The van der Waals surface area contributed by atoms with Gasteiger partial charge in [-0.15, -0.1) is 0 Å². The molecule has 2 aliphatic rings. The van der Waals surface area contributed by atoms with E-state index in [1.807, 2.05) is 12.3 Å². The van der Waals surface area contributed by atoms with E-state index in [1.165, 1.54) is 5.56 Å². The highest BCUT2D eigenvalue weighted by atomic mass is 16.5. The maximum atomic E-state index is 13.1. The molecule has 0 aromatic carbocycles. The van der Waals surface area contributed by atoms with E-state index >= 15 is 0 Å². The molecule has 0 fully saturated rings. The predicted octanol–water partition coefficient (Wildman–Crippen LogP) is 2.72. The standard InChI is InChI=1S/C20H24N4O2/c1-12(2)7-18-21-9-14-10-24(11-17(14)22-18)20(25)15-8-13-5-4-6-16(13)23-19(15)26-3/h8-9,12H,4-7,10-11H2,1-3H3. The average Bonchev–Trinajstić information content (AvgIpc) is 3.24. The second-order valence-electron chi connectivity index (χ2n) is 7.52. The number of methoxy groups -OCH3 is 1. The molecule has 0 radical (unpaired) electrons. The molecule has 1 amide bonds. The van der Waals surface area contributed by atoms with Gasteiger partial charge in [0.05, 0.1) is 19.3 Å². The van der Waals surface area contributed by atoms with Crippen LogP contribution in [0.1, 0.15) is 59.0 Å². The Balaban J connectivity index is 1.58. The zero-order valence-corrected chi connectivity index (χ0v) is 15.6. The number of ether oxygens (including phenoxy) is 1. The van der Waals surface area contributed by atoms with Gasteiger partial charge in [-0.2, -0.15) is 0 Å². The molecule has 0 saturated heterocycles. The second kappa shape index (κ2) is 6.67. The number of hydrogen-bond acceptors (Lipinski definition) is 5. The number of amides is 1. The highest BCUT2D eigenvalue weighted by molar-refractivity contribution is 5.97. The Morgan fingerprint density at radius 2 is 2.04 bits per heavy atom. The van der Waals surface area contributed by atoms with Gasteiger partial charge in [0.15, 0.2) is 0 Å². The third kappa shape index (κ3) is 3.04. The van der Waals surface area contributed by atoms with Gasteiger partial charge in [-0.3, -0.25) is 4.79 Å². The van der Waals surface area contributed by atoms with Gasteiger partial charge in [0.25, 0.3) is 5.91 Å². The van der Waals surface area contributed by atoms with Crippen molar-refractivity contribution in [1.82, 2.24) is 19.9 Å². The van der Waals surface area contributed by atoms with Gasteiger partial charge in [-0.05, 0) is 36.8 Å². The number of fused-ring (bicyclic) bond motifs is 2. The summed E-state index contributed by atoms with van der Waals surface area (Å²) in [6, 6.07) is 1.97. The molecule has 0 bridgehead atoms. The molecule has 4 rings (SSSR count). The van der Waals surface area contributed by atoms with Gasteiger partial charge < -0.3 is 9.64 Å². The molecular formula is C20H24N4O2. The van der Waals surface area contributed by atoms with E-state index in [2.05, 4.69) is 28.8 Å². The van der Waals surface area contributed by atoms with E-state index in [-0.39, 0.29) is 5.91 Å². The van der Waals surface area contributed by atoms with E-state index in [9.17, 15) is 4.79 Å². The molecule has 136 valence electrons. The van der Waals surface area contributed by atoms with Crippen LogP contribution in [0.3, 0.4) is 0 Å². The highest BCUT2D eigenvalue weighted by Gasteiger charge is 2.29. The van der Waals surface area contributed by atoms with Crippen molar-refractivity contribution in [2.75, 3.05) is 7.11 Å². The summed E-state index contributed by atoms with van der Waals surface area (Å²) < 4.78 is 5.40.